The predicted octanol–water partition coefficient (Wildman–Crippen LogP) is 9.63. The lowest BCUT2D eigenvalue weighted by atomic mass is 10.0. The lowest BCUT2D eigenvalue weighted by Gasteiger charge is -2.26. The minimum Gasteiger partial charge on any atom is -0.508 e. The fourth-order valence-electron chi connectivity index (χ4n) is 5.74. The Hall–Kier alpha value is -5.48. The molecule has 0 aliphatic heterocycles. The predicted molar refractivity (Wildman–Crippen MR) is 188 cm³/mol. The van der Waals surface area contributed by atoms with Crippen molar-refractivity contribution in [1.29, 1.82) is 0 Å². The highest BCUT2D eigenvalue weighted by Gasteiger charge is 2.13. The molecule has 0 atom stereocenters. The van der Waals surface area contributed by atoms with Gasteiger partial charge in [-0.1, -0.05) is 72.8 Å². The Bertz CT molecular complexity index is 1590. The Morgan fingerprint density at radius 3 is 0.630 bits per heavy atom. The quantitative estimate of drug-likeness (QED) is 0.130. The number of benzene rings is 6. The van der Waals surface area contributed by atoms with Gasteiger partial charge in [0.05, 0.1) is 0 Å². The van der Waals surface area contributed by atoms with Crippen molar-refractivity contribution in [3.05, 3.63) is 179 Å². The molecular weight excluding hydrogens is 566 g/mol. The van der Waals surface area contributed by atoms with Crippen molar-refractivity contribution in [2.45, 2.75) is 38.5 Å². The molecule has 0 fully saturated rings. The third kappa shape index (κ3) is 8.16. The summed E-state index contributed by atoms with van der Waals surface area (Å²) < 4.78 is 0. The molecule has 6 rings (SSSR count). The van der Waals surface area contributed by atoms with Gasteiger partial charge in [0.2, 0.25) is 0 Å². The van der Waals surface area contributed by atoms with Crippen LogP contribution in [0.25, 0.3) is 0 Å². The normalized spacial score (nSPS) is 11.0. The maximum absolute atomic E-state index is 9.59. The number of anilines is 3. The Balaban J connectivity index is 1.19. The molecule has 3 N–H and O–H groups in total. The molecule has 0 aromatic heterocycles. The van der Waals surface area contributed by atoms with E-state index in [1.54, 1.807) is 36.4 Å². The van der Waals surface area contributed by atoms with Crippen molar-refractivity contribution >= 4 is 17.1 Å². The molecule has 230 valence electrons. The van der Waals surface area contributed by atoms with Crippen LogP contribution in [0.5, 0.6) is 17.2 Å². The number of phenols is 3. The second-order valence-electron chi connectivity index (χ2n) is 11.8. The monoisotopic (exact) mass is 605 g/mol. The van der Waals surface area contributed by atoms with E-state index in [4.69, 9.17) is 0 Å². The van der Waals surface area contributed by atoms with Crippen molar-refractivity contribution < 1.29 is 15.3 Å². The van der Waals surface area contributed by atoms with Crippen molar-refractivity contribution in [2.75, 3.05) is 4.90 Å². The molecule has 4 heteroatoms. The molecule has 6 aromatic rings. The summed E-state index contributed by atoms with van der Waals surface area (Å²) in [6.45, 7) is 0. The zero-order valence-electron chi connectivity index (χ0n) is 25.9. The maximum Gasteiger partial charge on any atom is 0.115 e. The van der Waals surface area contributed by atoms with E-state index in [1.807, 2.05) is 36.4 Å². The van der Waals surface area contributed by atoms with E-state index in [-0.39, 0.29) is 0 Å². The molecule has 0 unspecified atom stereocenters. The fourth-order valence-corrected chi connectivity index (χ4v) is 5.74. The molecule has 0 aliphatic rings. The molecule has 6 aromatic carbocycles. The van der Waals surface area contributed by atoms with Crippen LogP contribution in [0.15, 0.2) is 146 Å². The summed E-state index contributed by atoms with van der Waals surface area (Å²) in [5.41, 5.74) is 10.7. The van der Waals surface area contributed by atoms with Gasteiger partial charge in [0.1, 0.15) is 17.2 Å². The second kappa shape index (κ2) is 14.5. The van der Waals surface area contributed by atoms with E-state index in [9.17, 15) is 15.3 Å². The standard InChI is InChI=1S/C42H39NO3/c44-40-25-13-34(14-26-40)4-1-31-7-19-37(20-8-31)43(38-21-9-32(10-22-38)2-5-35-15-27-41(45)28-16-35)39-23-11-33(12-24-39)3-6-36-17-29-42(46)30-18-36/h7-30,44-46H,1-6H2. The van der Waals surface area contributed by atoms with E-state index in [0.717, 1.165) is 55.6 Å². The van der Waals surface area contributed by atoms with E-state index >= 15 is 0 Å². The van der Waals surface area contributed by atoms with Crippen molar-refractivity contribution in [2.24, 2.45) is 0 Å². The van der Waals surface area contributed by atoms with Gasteiger partial charge in [-0.05, 0) is 145 Å². The van der Waals surface area contributed by atoms with Crippen molar-refractivity contribution in [1.82, 2.24) is 0 Å². The highest BCUT2D eigenvalue weighted by Crippen LogP contribution is 2.35. The van der Waals surface area contributed by atoms with Crippen LogP contribution in [-0.4, -0.2) is 15.3 Å². The number of aromatic hydroxyl groups is 3. The molecule has 0 aliphatic carbocycles. The zero-order chi connectivity index (χ0) is 31.7. The van der Waals surface area contributed by atoms with Gasteiger partial charge in [0.15, 0.2) is 0 Å². The highest BCUT2D eigenvalue weighted by atomic mass is 16.3. The van der Waals surface area contributed by atoms with Gasteiger partial charge >= 0.3 is 0 Å². The Morgan fingerprint density at radius 2 is 0.435 bits per heavy atom. The average molecular weight is 606 g/mol. The summed E-state index contributed by atoms with van der Waals surface area (Å²) in [5.74, 6) is 0.886. The van der Waals surface area contributed by atoms with Crippen LogP contribution in [0.1, 0.15) is 33.4 Å². The fraction of sp³-hybridized carbons (Fsp3) is 0.143. The van der Waals surface area contributed by atoms with E-state index < -0.39 is 0 Å². The van der Waals surface area contributed by atoms with Gasteiger partial charge in [-0.15, -0.1) is 0 Å². The summed E-state index contributed by atoms with van der Waals surface area (Å²) in [4.78, 5) is 2.30. The highest BCUT2D eigenvalue weighted by molar-refractivity contribution is 5.76. The number of phenolic OH excluding ortho intramolecular Hbond substituents is 3. The first-order chi connectivity index (χ1) is 22.5. The molecule has 0 saturated heterocycles. The van der Waals surface area contributed by atoms with E-state index in [0.29, 0.717) is 17.2 Å². The molecule has 0 spiro atoms. The van der Waals surface area contributed by atoms with E-state index in [2.05, 4.69) is 77.7 Å². The van der Waals surface area contributed by atoms with Gasteiger partial charge in [0, 0.05) is 17.1 Å². The van der Waals surface area contributed by atoms with Gasteiger partial charge in [-0.2, -0.15) is 0 Å². The van der Waals surface area contributed by atoms with Crippen LogP contribution in [0.3, 0.4) is 0 Å². The van der Waals surface area contributed by atoms with Crippen molar-refractivity contribution in [3.8, 4) is 17.2 Å². The topological polar surface area (TPSA) is 63.9 Å². The van der Waals surface area contributed by atoms with Crippen LogP contribution in [0, 0.1) is 0 Å². The molecule has 0 radical (unpaired) electrons. The van der Waals surface area contributed by atoms with Crippen LogP contribution >= 0.6 is 0 Å². The van der Waals surface area contributed by atoms with Gasteiger partial charge < -0.3 is 20.2 Å². The molecule has 0 saturated carbocycles. The summed E-state index contributed by atoms with van der Waals surface area (Å²) in [6.07, 6.45) is 5.53. The third-order valence-corrected chi connectivity index (χ3v) is 8.50. The number of hydrogen-bond donors (Lipinski definition) is 3. The van der Waals surface area contributed by atoms with E-state index in [1.165, 1.54) is 33.4 Å². The molecule has 0 amide bonds. The minimum atomic E-state index is 0.295. The lowest BCUT2D eigenvalue weighted by Crippen LogP contribution is -2.10. The zero-order valence-corrected chi connectivity index (χ0v) is 25.9. The first-order valence-electron chi connectivity index (χ1n) is 15.9. The van der Waals surface area contributed by atoms with Crippen LogP contribution < -0.4 is 4.90 Å². The van der Waals surface area contributed by atoms with Crippen LogP contribution in [-0.2, 0) is 38.5 Å². The number of rotatable bonds is 12. The molecular formula is C42H39NO3. The SMILES string of the molecule is Oc1ccc(CCc2ccc(N(c3ccc(CCc4ccc(O)cc4)cc3)c3ccc(CCc4ccc(O)cc4)cc3)cc2)cc1. The third-order valence-electron chi connectivity index (χ3n) is 8.50. The van der Waals surface area contributed by atoms with Crippen LogP contribution in [0.4, 0.5) is 17.1 Å². The lowest BCUT2D eigenvalue weighted by molar-refractivity contribution is 0.474. The summed E-state index contributed by atoms with van der Waals surface area (Å²) >= 11 is 0. The van der Waals surface area contributed by atoms with Gasteiger partial charge in [0.25, 0.3) is 0 Å². The van der Waals surface area contributed by atoms with Crippen molar-refractivity contribution in [3.63, 3.8) is 0 Å². The molecule has 46 heavy (non-hydrogen) atoms. The summed E-state index contributed by atoms with van der Waals surface area (Å²) in [6, 6.07) is 48.8. The summed E-state index contributed by atoms with van der Waals surface area (Å²) in [7, 11) is 0. The van der Waals surface area contributed by atoms with Crippen LogP contribution in [0.2, 0.25) is 0 Å². The molecule has 4 nitrogen and oxygen atoms in total. The Morgan fingerprint density at radius 1 is 0.261 bits per heavy atom. The molecule has 0 bridgehead atoms. The number of hydrogen-bond acceptors (Lipinski definition) is 4. The number of aryl methyl sites for hydroxylation is 6. The second-order valence-corrected chi connectivity index (χ2v) is 11.8. The maximum atomic E-state index is 9.59. The summed E-state index contributed by atoms with van der Waals surface area (Å²) in [5, 5.41) is 28.8. The number of nitrogens with zero attached hydrogens (tertiary/aromatic N) is 1. The first kappa shape index (κ1) is 30.5. The molecule has 0 heterocycles. The first-order valence-corrected chi connectivity index (χ1v) is 15.9. The smallest absolute Gasteiger partial charge is 0.115 e. The Labute approximate surface area is 271 Å². The largest absolute Gasteiger partial charge is 0.508 e. The average Bonchev–Trinajstić information content (AvgIpc) is 3.09. The Kier molecular flexibility index (Phi) is 9.65. The van der Waals surface area contributed by atoms with Gasteiger partial charge in [-0.25, -0.2) is 0 Å². The minimum absolute atomic E-state index is 0.295. The van der Waals surface area contributed by atoms with Gasteiger partial charge in [-0.3, -0.25) is 0 Å².